The zero-order chi connectivity index (χ0) is 19.2. The summed E-state index contributed by atoms with van der Waals surface area (Å²) >= 11 is 0. The van der Waals surface area contributed by atoms with Gasteiger partial charge in [-0.2, -0.15) is 0 Å². The van der Waals surface area contributed by atoms with Crippen LogP contribution in [0.25, 0.3) is 0 Å². The second-order valence-corrected chi connectivity index (χ2v) is 7.81. The summed E-state index contributed by atoms with van der Waals surface area (Å²) in [5, 5.41) is 5.61. The second kappa shape index (κ2) is 9.06. The molecule has 0 aromatic heterocycles. The van der Waals surface area contributed by atoms with Crippen molar-refractivity contribution in [3.8, 4) is 0 Å². The van der Waals surface area contributed by atoms with E-state index in [1.165, 1.54) is 0 Å². The number of likely N-dealkylation sites (tertiary alicyclic amines) is 1. The molecular weight excluding hydrogens is 322 g/mol. The zero-order valence-corrected chi connectivity index (χ0v) is 16.3. The van der Waals surface area contributed by atoms with Crippen LogP contribution in [0.2, 0.25) is 0 Å². The minimum absolute atomic E-state index is 0.0733. The van der Waals surface area contributed by atoms with Gasteiger partial charge in [-0.25, -0.2) is 4.79 Å². The van der Waals surface area contributed by atoms with E-state index in [1.54, 1.807) is 11.8 Å². The Morgan fingerprint density at radius 2 is 1.84 bits per heavy atom. The molecule has 7 nitrogen and oxygen atoms in total. The number of hydrogen-bond acceptors (Lipinski definition) is 4. The third-order valence-electron chi connectivity index (χ3n) is 4.20. The van der Waals surface area contributed by atoms with Gasteiger partial charge < -0.3 is 20.3 Å². The molecule has 25 heavy (non-hydrogen) atoms. The van der Waals surface area contributed by atoms with Crippen LogP contribution >= 0.6 is 0 Å². The molecule has 1 fully saturated rings. The second-order valence-electron chi connectivity index (χ2n) is 7.81. The molecule has 0 radical (unpaired) electrons. The number of carbonyl (C=O) groups is 3. The normalized spacial score (nSPS) is 20.4. The maximum Gasteiger partial charge on any atom is 0.410 e. The maximum absolute atomic E-state index is 12.5. The predicted molar refractivity (Wildman–Crippen MR) is 96.0 cm³/mol. The lowest BCUT2D eigenvalue weighted by atomic mass is 9.97. The fourth-order valence-electron chi connectivity index (χ4n) is 2.55. The molecule has 7 heteroatoms. The van der Waals surface area contributed by atoms with Crippen molar-refractivity contribution < 1.29 is 19.1 Å². The maximum atomic E-state index is 12.5. The largest absolute Gasteiger partial charge is 0.444 e. The van der Waals surface area contributed by atoms with E-state index in [9.17, 15) is 14.4 Å². The highest BCUT2D eigenvalue weighted by atomic mass is 16.6. The standard InChI is InChI=1S/C18H33N3O4/c1-7-12(2)19-15(22)13(3)20-16(23)14-9-8-10-21(11-14)17(24)25-18(4,5)6/h12-14H,7-11H2,1-6H3,(H,19,22)(H,20,23). The molecule has 0 saturated carbocycles. The summed E-state index contributed by atoms with van der Waals surface area (Å²) in [6.45, 7) is 11.9. The van der Waals surface area contributed by atoms with Gasteiger partial charge in [0.1, 0.15) is 11.6 Å². The number of hydrogen-bond donors (Lipinski definition) is 2. The smallest absolute Gasteiger partial charge is 0.410 e. The summed E-state index contributed by atoms with van der Waals surface area (Å²) in [4.78, 5) is 38.2. The summed E-state index contributed by atoms with van der Waals surface area (Å²) in [7, 11) is 0. The highest BCUT2D eigenvalue weighted by Crippen LogP contribution is 2.19. The number of piperidine rings is 1. The van der Waals surface area contributed by atoms with Crippen molar-refractivity contribution in [3.05, 3.63) is 0 Å². The van der Waals surface area contributed by atoms with Crippen LogP contribution in [-0.2, 0) is 14.3 Å². The van der Waals surface area contributed by atoms with Crippen LogP contribution in [0.3, 0.4) is 0 Å². The molecule has 0 spiro atoms. The molecule has 0 aromatic rings. The van der Waals surface area contributed by atoms with E-state index in [1.807, 2.05) is 34.6 Å². The van der Waals surface area contributed by atoms with E-state index in [2.05, 4.69) is 10.6 Å². The molecule has 1 heterocycles. The van der Waals surface area contributed by atoms with Crippen LogP contribution < -0.4 is 10.6 Å². The average molecular weight is 355 g/mol. The molecule has 0 aromatic carbocycles. The molecule has 0 bridgehead atoms. The van der Waals surface area contributed by atoms with Crippen molar-refractivity contribution in [3.63, 3.8) is 0 Å². The van der Waals surface area contributed by atoms with Gasteiger partial charge in [0.05, 0.1) is 5.92 Å². The Morgan fingerprint density at radius 1 is 1.20 bits per heavy atom. The monoisotopic (exact) mass is 355 g/mol. The molecular formula is C18H33N3O4. The van der Waals surface area contributed by atoms with Crippen LogP contribution in [0.4, 0.5) is 4.79 Å². The molecule has 1 aliphatic rings. The Hall–Kier alpha value is -1.79. The first kappa shape index (κ1) is 21.3. The minimum atomic E-state index is -0.599. The van der Waals surface area contributed by atoms with E-state index in [-0.39, 0.29) is 23.8 Å². The van der Waals surface area contributed by atoms with Crippen molar-refractivity contribution in [2.75, 3.05) is 13.1 Å². The van der Waals surface area contributed by atoms with Crippen molar-refractivity contribution in [1.82, 2.24) is 15.5 Å². The average Bonchev–Trinajstić information content (AvgIpc) is 2.53. The lowest BCUT2D eigenvalue weighted by molar-refractivity contribution is -0.132. The first-order valence-corrected chi connectivity index (χ1v) is 9.12. The van der Waals surface area contributed by atoms with Gasteiger partial charge in [-0.05, 0) is 53.9 Å². The van der Waals surface area contributed by atoms with Gasteiger partial charge in [0, 0.05) is 19.1 Å². The summed E-state index contributed by atoms with van der Waals surface area (Å²) < 4.78 is 5.37. The Balaban J connectivity index is 2.55. The van der Waals surface area contributed by atoms with Gasteiger partial charge in [-0.15, -0.1) is 0 Å². The fraction of sp³-hybridized carbons (Fsp3) is 0.833. The summed E-state index contributed by atoms with van der Waals surface area (Å²) in [5.74, 6) is -0.706. The molecule has 0 aliphatic carbocycles. The molecule has 144 valence electrons. The quantitative estimate of drug-likeness (QED) is 0.790. The Bertz CT molecular complexity index is 487. The number of carbonyl (C=O) groups excluding carboxylic acids is 3. The predicted octanol–water partition coefficient (Wildman–Crippen LogP) is 2.05. The van der Waals surface area contributed by atoms with Crippen LogP contribution in [0.1, 0.15) is 60.8 Å². The third-order valence-corrected chi connectivity index (χ3v) is 4.20. The van der Waals surface area contributed by atoms with Gasteiger partial charge in [0.2, 0.25) is 11.8 Å². The first-order valence-electron chi connectivity index (χ1n) is 9.12. The van der Waals surface area contributed by atoms with Gasteiger partial charge >= 0.3 is 6.09 Å². The van der Waals surface area contributed by atoms with Gasteiger partial charge in [0.25, 0.3) is 0 Å². The number of rotatable bonds is 5. The highest BCUT2D eigenvalue weighted by Gasteiger charge is 2.32. The molecule has 2 N–H and O–H groups in total. The molecule has 3 atom stereocenters. The van der Waals surface area contributed by atoms with Crippen LogP contribution in [-0.4, -0.2) is 53.6 Å². The lowest BCUT2D eigenvalue weighted by Crippen LogP contribution is -2.52. The molecule has 1 saturated heterocycles. The molecule has 1 aliphatic heterocycles. The number of amides is 3. The van der Waals surface area contributed by atoms with E-state index < -0.39 is 17.7 Å². The van der Waals surface area contributed by atoms with Crippen molar-refractivity contribution >= 4 is 17.9 Å². The van der Waals surface area contributed by atoms with E-state index >= 15 is 0 Å². The molecule has 3 amide bonds. The number of ether oxygens (including phenoxy) is 1. The molecule has 3 unspecified atom stereocenters. The van der Waals surface area contributed by atoms with E-state index in [0.29, 0.717) is 19.5 Å². The van der Waals surface area contributed by atoms with Crippen molar-refractivity contribution in [2.45, 2.75) is 78.5 Å². The number of nitrogens with zero attached hydrogens (tertiary/aromatic N) is 1. The van der Waals surface area contributed by atoms with E-state index in [4.69, 9.17) is 4.74 Å². The van der Waals surface area contributed by atoms with Crippen molar-refractivity contribution in [1.29, 1.82) is 0 Å². The zero-order valence-electron chi connectivity index (χ0n) is 16.3. The third kappa shape index (κ3) is 7.32. The minimum Gasteiger partial charge on any atom is -0.444 e. The molecule has 1 rings (SSSR count). The Kier molecular flexibility index (Phi) is 7.70. The number of nitrogens with one attached hydrogen (secondary N) is 2. The van der Waals surface area contributed by atoms with Crippen LogP contribution in [0.5, 0.6) is 0 Å². The topological polar surface area (TPSA) is 87.7 Å². The fourth-order valence-corrected chi connectivity index (χ4v) is 2.55. The van der Waals surface area contributed by atoms with Gasteiger partial charge in [-0.1, -0.05) is 6.92 Å². The summed E-state index contributed by atoms with van der Waals surface area (Å²) in [6, 6.07) is -0.525. The Morgan fingerprint density at radius 3 is 2.40 bits per heavy atom. The first-order chi connectivity index (χ1) is 11.5. The van der Waals surface area contributed by atoms with E-state index in [0.717, 1.165) is 12.8 Å². The SMILES string of the molecule is CCC(C)NC(=O)C(C)NC(=O)C1CCCN(C(=O)OC(C)(C)C)C1. The summed E-state index contributed by atoms with van der Waals surface area (Å²) in [5.41, 5.74) is -0.561. The Labute approximate surface area is 150 Å². The summed E-state index contributed by atoms with van der Waals surface area (Å²) in [6.07, 6.45) is 1.88. The lowest BCUT2D eigenvalue weighted by Gasteiger charge is -2.33. The van der Waals surface area contributed by atoms with Gasteiger partial charge in [-0.3, -0.25) is 9.59 Å². The highest BCUT2D eigenvalue weighted by molar-refractivity contribution is 5.88. The van der Waals surface area contributed by atoms with Crippen LogP contribution in [0.15, 0.2) is 0 Å². The van der Waals surface area contributed by atoms with Crippen molar-refractivity contribution in [2.24, 2.45) is 5.92 Å². The van der Waals surface area contributed by atoms with Crippen LogP contribution in [0, 0.1) is 5.92 Å². The van der Waals surface area contributed by atoms with Gasteiger partial charge in [0.15, 0.2) is 0 Å².